The van der Waals surface area contributed by atoms with Crippen LogP contribution in [-0.4, -0.2) is 18.9 Å². The van der Waals surface area contributed by atoms with E-state index in [9.17, 15) is 26.0 Å². The van der Waals surface area contributed by atoms with Crippen molar-refractivity contribution in [1.82, 2.24) is 4.98 Å². The number of alkyl halides is 3. The molecule has 0 unspecified atom stereocenters. The molecule has 0 amide bonds. The molecule has 0 aliphatic carbocycles. The maximum atomic E-state index is 13.2. The highest BCUT2D eigenvalue weighted by Gasteiger charge is 2.48. The van der Waals surface area contributed by atoms with Crippen LogP contribution >= 0.6 is 0 Å². The lowest BCUT2D eigenvalue weighted by Crippen LogP contribution is -2.28. The first-order valence-electron chi connectivity index (χ1n) is 5.84. The SMILES string of the molecule is Cc1cccc(-c2ccc(F)cc2OS(=O)(=O)C(F)(F)F)n1. The Balaban J connectivity index is 2.55. The van der Waals surface area contributed by atoms with Crippen LogP contribution in [0.15, 0.2) is 36.4 Å². The van der Waals surface area contributed by atoms with Gasteiger partial charge in [-0.3, -0.25) is 4.98 Å². The molecule has 0 saturated carbocycles. The van der Waals surface area contributed by atoms with Crippen molar-refractivity contribution >= 4 is 10.1 Å². The minimum Gasteiger partial charge on any atom is -0.375 e. The fourth-order valence-electron chi connectivity index (χ4n) is 1.64. The van der Waals surface area contributed by atoms with Crippen molar-refractivity contribution in [3.8, 4) is 17.0 Å². The first-order chi connectivity index (χ1) is 10.1. The largest absolute Gasteiger partial charge is 0.534 e. The van der Waals surface area contributed by atoms with Gasteiger partial charge in [-0.2, -0.15) is 21.6 Å². The molecule has 0 radical (unpaired) electrons. The molecule has 0 N–H and O–H groups in total. The molecule has 0 atom stereocenters. The molecule has 2 rings (SSSR count). The molecule has 0 fully saturated rings. The molecular formula is C13H9F4NO3S. The van der Waals surface area contributed by atoms with Crippen LogP contribution in [-0.2, 0) is 10.1 Å². The number of nitrogens with zero attached hydrogens (tertiary/aromatic N) is 1. The average molecular weight is 335 g/mol. The summed E-state index contributed by atoms with van der Waals surface area (Å²) in [5.74, 6) is -1.72. The molecule has 1 aromatic carbocycles. The Hall–Kier alpha value is -2.16. The number of benzene rings is 1. The van der Waals surface area contributed by atoms with E-state index in [1.807, 2.05) is 0 Å². The molecule has 22 heavy (non-hydrogen) atoms. The molecule has 1 heterocycles. The van der Waals surface area contributed by atoms with E-state index in [0.717, 1.165) is 12.1 Å². The van der Waals surface area contributed by atoms with Gasteiger partial charge in [0.25, 0.3) is 0 Å². The smallest absolute Gasteiger partial charge is 0.375 e. The Morgan fingerprint density at radius 2 is 1.82 bits per heavy atom. The van der Waals surface area contributed by atoms with E-state index in [0.29, 0.717) is 11.8 Å². The van der Waals surface area contributed by atoms with Crippen LogP contribution in [0.4, 0.5) is 17.6 Å². The molecule has 0 spiro atoms. The number of pyridine rings is 1. The zero-order valence-corrected chi connectivity index (χ0v) is 11.9. The number of hydrogen-bond donors (Lipinski definition) is 0. The predicted octanol–water partition coefficient (Wildman–Crippen LogP) is 3.42. The van der Waals surface area contributed by atoms with Crippen LogP contribution in [0.2, 0.25) is 0 Å². The summed E-state index contributed by atoms with van der Waals surface area (Å²) in [6.07, 6.45) is 0. The van der Waals surface area contributed by atoms with Crippen LogP contribution in [0.25, 0.3) is 11.3 Å². The Labute approximate surface area is 123 Å². The quantitative estimate of drug-likeness (QED) is 0.490. The lowest BCUT2D eigenvalue weighted by Gasteiger charge is -2.13. The number of hydrogen-bond acceptors (Lipinski definition) is 4. The zero-order valence-electron chi connectivity index (χ0n) is 11.1. The average Bonchev–Trinajstić information content (AvgIpc) is 2.37. The van der Waals surface area contributed by atoms with E-state index in [2.05, 4.69) is 9.17 Å². The van der Waals surface area contributed by atoms with Crippen molar-refractivity contribution in [3.63, 3.8) is 0 Å². The summed E-state index contributed by atoms with van der Waals surface area (Å²) >= 11 is 0. The lowest BCUT2D eigenvalue weighted by atomic mass is 10.1. The van der Waals surface area contributed by atoms with E-state index in [1.54, 1.807) is 19.1 Å². The van der Waals surface area contributed by atoms with Gasteiger partial charge in [0.1, 0.15) is 5.82 Å². The second-order valence-electron chi connectivity index (χ2n) is 4.29. The van der Waals surface area contributed by atoms with Gasteiger partial charge in [0.2, 0.25) is 0 Å². The normalized spacial score (nSPS) is 12.2. The molecular weight excluding hydrogens is 326 g/mol. The van der Waals surface area contributed by atoms with Crippen LogP contribution in [0, 0.1) is 12.7 Å². The van der Waals surface area contributed by atoms with Crippen molar-refractivity contribution < 1.29 is 30.2 Å². The van der Waals surface area contributed by atoms with Gasteiger partial charge in [0, 0.05) is 17.3 Å². The van der Waals surface area contributed by atoms with E-state index < -0.39 is 27.2 Å². The van der Waals surface area contributed by atoms with Crippen molar-refractivity contribution in [2.75, 3.05) is 0 Å². The minimum atomic E-state index is -5.90. The first-order valence-corrected chi connectivity index (χ1v) is 7.25. The summed E-state index contributed by atoms with van der Waals surface area (Å²) in [6, 6.07) is 7.27. The highest BCUT2D eigenvalue weighted by Crippen LogP contribution is 2.34. The Morgan fingerprint density at radius 3 is 2.41 bits per heavy atom. The summed E-state index contributed by atoms with van der Waals surface area (Å²) in [6.45, 7) is 1.64. The summed E-state index contributed by atoms with van der Waals surface area (Å²) in [5.41, 5.74) is -4.98. The Kier molecular flexibility index (Phi) is 4.10. The number of aromatic nitrogens is 1. The summed E-state index contributed by atoms with van der Waals surface area (Å²) in [4.78, 5) is 4.05. The van der Waals surface area contributed by atoms with E-state index in [-0.39, 0.29) is 11.3 Å². The van der Waals surface area contributed by atoms with Crippen molar-refractivity contribution in [1.29, 1.82) is 0 Å². The molecule has 0 aliphatic heterocycles. The zero-order chi connectivity index (χ0) is 16.5. The third kappa shape index (κ3) is 3.35. The molecule has 9 heteroatoms. The summed E-state index contributed by atoms with van der Waals surface area (Å²) in [5, 5.41) is 0. The van der Waals surface area contributed by atoms with Gasteiger partial charge < -0.3 is 4.18 Å². The van der Waals surface area contributed by atoms with Gasteiger partial charge in [-0.1, -0.05) is 6.07 Å². The number of halogens is 4. The second-order valence-corrected chi connectivity index (χ2v) is 5.83. The topological polar surface area (TPSA) is 56.3 Å². The van der Waals surface area contributed by atoms with Gasteiger partial charge in [0.05, 0.1) is 5.69 Å². The Bertz CT molecular complexity index is 803. The van der Waals surface area contributed by atoms with Gasteiger partial charge in [0.15, 0.2) is 5.75 Å². The molecule has 4 nitrogen and oxygen atoms in total. The van der Waals surface area contributed by atoms with Gasteiger partial charge in [-0.15, -0.1) is 0 Å². The van der Waals surface area contributed by atoms with Crippen LogP contribution in [0.3, 0.4) is 0 Å². The monoisotopic (exact) mass is 335 g/mol. The van der Waals surface area contributed by atoms with Crippen LogP contribution in [0.5, 0.6) is 5.75 Å². The molecule has 0 aliphatic rings. The van der Waals surface area contributed by atoms with E-state index in [1.165, 1.54) is 6.07 Å². The minimum absolute atomic E-state index is 0.0714. The molecule has 118 valence electrons. The van der Waals surface area contributed by atoms with Gasteiger partial charge >= 0.3 is 15.6 Å². The fourth-order valence-corrected chi connectivity index (χ4v) is 2.10. The van der Waals surface area contributed by atoms with Crippen molar-refractivity contribution in [2.24, 2.45) is 0 Å². The van der Waals surface area contributed by atoms with Crippen LogP contribution < -0.4 is 4.18 Å². The maximum absolute atomic E-state index is 13.2. The maximum Gasteiger partial charge on any atom is 0.534 e. The molecule has 2 aromatic rings. The van der Waals surface area contributed by atoms with Gasteiger partial charge in [-0.25, -0.2) is 4.39 Å². The predicted molar refractivity (Wildman–Crippen MR) is 70.0 cm³/mol. The van der Waals surface area contributed by atoms with Crippen molar-refractivity contribution in [3.05, 3.63) is 47.9 Å². The first kappa shape index (κ1) is 16.2. The highest BCUT2D eigenvalue weighted by molar-refractivity contribution is 7.88. The standard InChI is InChI=1S/C13H9F4NO3S/c1-8-3-2-4-11(18-8)10-6-5-9(14)7-12(10)21-22(19,20)13(15,16)17/h2-7H,1H3. The molecule has 1 aromatic heterocycles. The van der Waals surface area contributed by atoms with E-state index >= 15 is 0 Å². The third-order valence-corrected chi connectivity index (χ3v) is 3.56. The third-order valence-electron chi connectivity index (χ3n) is 2.59. The molecule has 0 bridgehead atoms. The molecule has 0 saturated heterocycles. The summed E-state index contributed by atoms with van der Waals surface area (Å²) in [7, 11) is -5.90. The highest BCUT2D eigenvalue weighted by atomic mass is 32.2. The Morgan fingerprint density at radius 1 is 1.14 bits per heavy atom. The van der Waals surface area contributed by atoms with Crippen LogP contribution in [0.1, 0.15) is 5.69 Å². The van der Waals surface area contributed by atoms with E-state index in [4.69, 9.17) is 0 Å². The number of aryl methyl sites for hydroxylation is 1. The summed E-state index contributed by atoms with van der Waals surface area (Å²) < 4.78 is 76.7. The lowest BCUT2D eigenvalue weighted by molar-refractivity contribution is -0.0500. The van der Waals surface area contributed by atoms with Gasteiger partial charge in [-0.05, 0) is 31.2 Å². The fraction of sp³-hybridized carbons (Fsp3) is 0.154. The number of rotatable bonds is 3. The van der Waals surface area contributed by atoms with Crippen molar-refractivity contribution in [2.45, 2.75) is 12.4 Å². The second kappa shape index (κ2) is 5.56.